The maximum Gasteiger partial charge on any atom is 0.235 e. The molecular weight excluding hydrogens is 258 g/mol. The second kappa shape index (κ2) is 5.02. The molecule has 0 spiro atoms. The van der Waals surface area contributed by atoms with Gasteiger partial charge in [-0.05, 0) is 32.2 Å². The van der Waals surface area contributed by atoms with Gasteiger partial charge in [-0.15, -0.1) is 0 Å². The molecule has 4 nitrogen and oxygen atoms in total. The van der Waals surface area contributed by atoms with Gasteiger partial charge in [0.1, 0.15) is 0 Å². The molecule has 0 radical (unpaired) electrons. The second-order valence-corrected chi connectivity index (χ2v) is 6.68. The summed E-state index contributed by atoms with van der Waals surface area (Å²) in [6.07, 6.45) is 6.36. The molecular formula is C14H23N3OS. The lowest BCUT2D eigenvalue weighted by Gasteiger charge is -2.41. The zero-order chi connectivity index (χ0) is 13.5. The van der Waals surface area contributed by atoms with Gasteiger partial charge in [-0.1, -0.05) is 25.1 Å². The predicted octanol–water partition coefficient (Wildman–Crippen LogP) is 1.14. The first-order valence-electron chi connectivity index (χ1n) is 7.47. The molecule has 106 valence electrons. The highest BCUT2D eigenvalue weighted by atomic mass is 32.1. The Morgan fingerprint density at radius 2 is 1.89 bits per heavy atom. The monoisotopic (exact) mass is 281 g/mol. The third kappa shape index (κ3) is 2.17. The van der Waals surface area contributed by atoms with Crippen molar-refractivity contribution in [3.8, 4) is 0 Å². The molecule has 0 aromatic heterocycles. The van der Waals surface area contributed by atoms with Crippen LogP contribution in [0.4, 0.5) is 0 Å². The Balaban J connectivity index is 1.74. The molecule has 2 saturated heterocycles. The molecule has 1 saturated carbocycles. The fourth-order valence-corrected chi connectivity index (χ4v) is 4.31. The van der Waals surface area contributed by atoms with Crippen LogP contribution in [0.15, 0.2) is 0 Å². The number of amides is 1. The molecule has 19 heavy (non-hydrogen) atoms. The van der Waals surface area contributed by atoms with Crippen molar-refractivity contribution < 1.29 is 4.79 Å². The molecule has 1 unspecified atom stereocenters. The second-order valence-electron chi connectivity index (χ2n) is 6.24. The normalized spacial score (nSPS) is 30.3. The number of carbonyl (C=O) groups excluding carboxylic acids is 1. The van der Waals surface area contributed by atoms with Crippen molar-refractivity contribution in [3.05, 3.63) is 0 Å². The van der Waals surface area contributed by atoms with Gasteiger partial charge >= 0.3 is 0 Å². The molecule has 5 heteroatoms. The van der Waals surface area contributed by atoms with Gasteiger partial charge in [0.2, 0.25) is 5.91 Å². The lowest BCUT2D eigenvalue weighted by Crippen LogP contribution is -2.57. The van der Waals surface area contributed by atoms with E-state index in [2.05, 4.69) is 4.90 Å². The molecule has 1 atom stereocenters. The lowest BCUT2D eigenvalue weighted by molar-refractivity contribution is -0.140. The minimum absolute atomic E-state index is 0.212. The Labute approximate surface area is 120 Å². The molecule has 1 amide bonds. The average Bonchev–Trinajstić information content (AvgIpc) is 3.06. The van der Waals surface area contributed by atoms with Crippen molar-refractivity contribution in [1.29, 1.82) is 0 Å². The summed E-state index contributed by atoms with van der Waals surface area (Å²) in [6.45, 7) is 3.94. The van der Waals surface area contributed by atoms with Gasteiger partial charge in [-0.25, -0.2) is 0 Å². The largest absolute Gasteiger partial charge is 0.392 e. The van der Waals surface area contributed by atoms with Crippen LogP contribution in [0.3, 0.4) is 0 Å². The van der Waals surface area contributed by atoms with Crippen molar-refractivity contribution in [2.75, 3.05) is 26.2 Å². The molecule has 2 N–H and O–H groups in total. The number of rotatable bonds is 2. The topological polar surface area (TPSA) is 49.6 Å². The standard InChI is InChI=1S/C14H23N3OS/c15-12(19)14(5-1-2-6-14)13(18)17-9-8-16-7-3-4-11(16)10-17/h11H,1-10H2,(H2,15,19). The highest BCUT2D eigenvalue weighted by Crippen LogP contribution is 2.40. The van der Waals surface area contributed by atoms with E-state index in [0.717, 1.165) is 45.3 Å². The van der Waals surface area contributed by atoms with E-state index < -0.39 is 5.41 Å². The van der Waals surface area contributed by atoms with Crippen LogP contribution in [0, 0.1) is 5.41 Å². The minimum atomic E-state index is -0.518. The van der Waals surface area contributed by atoms with Crippen molar-refractivity contribution in [2.45, 2.75) is 44.6 Å². The summed E-state index contributed by atoms with van der Waals surface area (Å²) in [5, 5.41) is 0. The van der Waals surface area contributed by atoms with Gasteiger partial charge in [0.05, 0.1) is 10.4 Å². The number of piperazine rings is 1. The number of nitrogens with two attached hydrogens (primary N) is 1. The van der Waals surface area contributed by atoms with Gasteiger partial charge in [-0.3, -0.25) is 9.69 Å². The van der Waals surface area contributed by atoms with Crippen molar-refractivity contribution in [2.24, 2.45) is 11.1 Å². The van der Waals surface area contributed by atoms with E-state index in [9.17, 15) is 4.79 Å². The minimum Gasteiger partial charge on any atom is -0.392 e. The summed E-state index contributed by atoms with van der Waals surface area (Å²) in [6, 6.07) is 0.572. The van der Waals surface area contributed by atoms with Gasteiger partial charge in [0.15, 0.2) is 0 Å². The van der Waals surface area contributed by atoms with Gasteiger partial charge < -0.3 is 10.6 Å². The number of nitrogens with zero attached hydrogens (tertiary/aromatic N) is 2. The van der Waals surface area contributed by atoms with Crippen LogP contribution >= 0.6 is 12.2 Å². The summed E-state index contributed by atoms with van der Waals surface area (Å²) in [5.41, 5.74) is 5.40. The van der Waals surface area contributed by atoms with Crippen LogP contribution in [0.25, 0.3) is 0 Å². The van der Waals surface area contributed by atoms with Crippen LogP contribution < -0.4 is 5.73 Å². The number of carbonyl (C=O) groups is 1. The maximum atomic E-state index is 12.9. The fourth-order valence-electron chi connectivity index (χ4n) is 4.02. The summed E-state index contributed by atoms with van der Waals surface area (Å²) in [7, 11) is 0. The van der Waals surface area contributed by atoms with E-state index in [1.165, 1.54) is 19.4 Å². The maximum absolute atomic E-state index is 12.9. The number of fused-ring (bicyclic) bond motifs is 1. The first-order valence-corrected chi connectivity index (χ1v) is 7.88. The van der Waals surface area contributed by atoms with E-state index in [1.807, 2.05) is 4.90 Å². The Morgan fingerprint density at radius 1 is 1.16 bits per heavy atom. The lowest BCUT2D eigenvalue weighted by atomic mass is 9.84. The summed E-state index contributed by atoms with van der Waals surface area (Å²) in [4.78, 5) is 17.9. The van der Waals surface area contributed by atoms with E-state index in [1.54, 1.807) is 0 Å². The van der Waals surface area contributed by atoms with Gasteiger partial charge in [0.25, 0.3) is 0 Å². The zero-order valence-electron chi connectivity index (χ0n) is 11.4. The molecule has 3 aliphatic rings. The molecule has 0 bridgehead atoms. The number of hydrogen-bond donors (Lipinski definition) is 1. The predicted molar refractivity (Wildman–Crippen MR) is 78.9 cm³/mol. The van der Waals surface area contributed by atoms with Crippen molar-refractivity contribution >= 4 is 23.1 Å². The molecule has 1 aliphatic carbocycles. The molecule has 0 aromatic rings. The van der Waals surface area contributed by atoms with E-state index in [4.69, 9.17) is 18.0 Å². The SMILES string of the molecule is NC(=S)C1(C(=O)N2CCN3CCCC3C2)CCCC1. The van der Waals surface area contributed by atoms with Crippen molar-refractivity contribution in [3.63, 3.8) is 0 Å². The highest BCUT2D eigenvalue weighted by molar-refractivity contribution is 7.80. The smallest absolute Gasteiger partial charge is 0.235 e. The molecule has 0 aromatic carbocycles. The van der Waals surface area contributed by atoms with Crippen LogP contribution in [-0.4, -0.2) is 52.9 Å². The Kier molecular flexibility index (Phi) is 3.52. The first kappa shape index (κ1) is 13.3. The molecule has 2 heterocycles. The van der Waals surface area contributed by atoms with Crippen LogP contribution in [0.1, 0.15) is 38.5 Å². The fraction of sp³-hybridized carbons (Fsp3) is 0.857. The quantitative estimate of drug-likeness (QED) is 0.771. The Morgan fingerprint density at radius 3 is 2.58 bits per heavy atom. The highest BCUT2D eigenvalue weighted by Gasteiger charge is 2.47. The summed E-state index contributed by atoms with van der Waals surface area (Å²) in [5.74, 6) is 0.212. The Hall–Kier alpha value is -0.680. The van der Waals surface area contributed by atoms with E-state index >= 15 is 0 Å². The number of thiocarbonyl (C=S) groups is 1. The summed E-state index contributed by atoms with van der Waals surface area (Å²) < 4.78 is 0. The third-order valence-corrected chi connectivity index (χ3v) is 5.60. The molecule has 2 aliphatic heterocycles. The number of hydrogen-bond acceptors (Lipinski definition) is 3. The third-order valence-electron chi connectivity index (χ3n) is 5.21. The first-order chi connectivity index (χ1) is 9.13. The zero-order valence-corrected chi connectivity index (χ0v) is 12.3. The van der Waals surface area contributed by atoms with Gasteiger partial charge in [-0.2, -0.15) is 0 Å². The average molecular weight is 281 g/mol. The Bertz CT molecular complexity index is 392. The van der Waals surface area contributed by atoms with E-state index in [-0.39, 0.29) is 5.91 Å². The van der Waals surface area contributed by atoms with Crippen LogP contribution in [-0.2, 0) is 4.79 Å². The van der Waals surface area contributed by atoms with Crippen LogP contribution in [0.5, 0.6) is 0 Å². The molecule has 3 rings (SSSR count). The van der Waals surface area contributed by atoms with Crippen LogP contribution in [0.2, 0.25) is 0 Å². The van der Waals surface area contributed by atoms with Crippen molar-refractivity contribution in [1.82, 2.24) is 9.80 Å². The van der Waals surface area contributed by atoms with E-state index in [0.29, 0.717) is 11.0 Å². The summed E-state index contributed by atoms with van der Waals surface area (Å²) >= 11 is 5.23. The molecule has 3 fully saturated rings. The van der Waals surface area contributed by atoms with Gasteiger partial charge in [0, 0.05) is 25.7 Å².